The highest BCUT2D eigenvalue weighted by Gasteiger charge is 2.28. The molecule has 0 spiro atoms. The van der Waals surface area contributed by atoms with E-state index in [-0.39, 0.29) is 11.7 Å². The molecular weight excluding hydrogens is 347 g/mol. The van der Waals surface area contributed by atoms with Gasteiger partial charge in [-0.3, -0.25) is 4.79 Å². The number of carbonyl (C=O) groups is 1. The highest BCUT2D eigenvalue weighted by molar-refractivity contribution is 5.81. The lowest BCUT2D eigenvalue weighted by atomic mass is 10.0. The Bertz CT molecular complexity index is 821. The number of nitrogens with zero attached hydrogens (tertiary/aromatic N) is 3. The lowest BCUT2D eigenvalue weighted by Crippen LogP contribution is -2.43. The Morgan fingerprint density at radius 1 is 1.37 bits per heavy atom. The van der Waals surface area contributed by atoms with Gasteiger partial charge in [0.1, 0.15) is 17.4 Å². The Morgan fingerprint density at radius 3 is 2.93 bits per heavy atom. The minimum absolute atomic E-state index is 0.0888. The number of carbonyl (C=O) groups excluding carboxylic acids is 1. The summed E-state index contributed by atoms with van der Waals surface area (Å²) in [7, 11) is 0. The van der Waals surface area contributed by atoms with Crippen LogP contribution in [-0.4, -0.2) is 46.5 Å². The van der Waals surface area contributed by atoms with Gasteiger partial charge in [-0.1, -0.05) is 0 Å². The van der Waals surface area contributed by atoms with Gasteiger partial charge in [0.2, 0.25) is 0 Å². The van der Waals surface area contributed by atoms with Crippen LogP contribution in [0.2, 0.25) is 0 Å². The molecule has 2 aliphatic heterocycles. The zero-order chi connectivity index (χ0) is 18.8. The van der Waals surface area contributed by atoms with E-state index in [4.69, 9.17) is 9.72 Å². The van der Waals surface area contributed by atoms with Crippen molar-refractivity contribution in [2.75, 3.05) is 19.6 Å². The second-order valence-electron chi connectivity index (χ2n) is 7.11. The van der Waals surface area contributed by atoms with Crippen LogP contribution >= 0.6 is 0 Å². The molecule has 0 aliphatic carbocycles. The second kappa shape index (κ2) is 7.60. The summed E-state index contributed by atoms with van der Waals surface area (Å²) in [5.41, 5.74) is 2.04. The fourth-order valence-corrected chi connectivity index (χ4v) is 3.62. The van der Waals surface area contributed by atoms with Crippen molar-refractivity contribution in [2.24, 2.45) is 0 Å². The summed E-state index contributed by atoms with van der Waals surface area (Å²) in [6, 6.07) is 5.69. The van der Waals surface area contributed by atoms with Gasteiger partial charge in [-0.2, -0.15) is 0 Å². The Labute approximate surface area is 157 Å². The van der Waals surface area contributed by atoms with Gasteiger partial charge in [0.05, 0.1) is 5.69 Å². The van der Waals surface area contributed by atoms with Crippen molar-refractivity contribution < 1.29 is 13.9 Å². The first kappa shape index (κ1) is 17.9. The predicted molar refractivity (Wildman–Crippen MR) is 97.9 cm³/mol. The van der Waals surface area contributed by atoms with Gasteiger partial charge in [-0.15, -0.1) is 0 Å². The van der Waals surface area contributed by atoms with Gasteiger partial charge >= 0.3 is 0 Å². The van der Waals surface area contributed by atoms with Crippen molar-refractivity contribution in [1.29, 1.82) is 0 Å². The van der Waals surface area contributed by atoms with Crippen molar-refractivity contribution >= 4 is 5.91 Å². The van der Waals surface area contributed by atoms with Crippen molar-refractivity contribution in [3.05, 3.63) is 53.4 Å². The first-order chi connectivity index (χ1) is 13.1. The fraction of sp³-hybridized carbons (Fsp3) is 0.450. The third kappa shape index (κ3) is 3.93. The van der Waals surface area contributed by atoms with E-state index in [1.807, 2.05) is 6.20 Å². The summed E-state index contributed by atoms with van der Waals surface area (Å²) in [4.78, 5) is 23.8. The number of benzene rings is 1. The molecule has 1 aromatic carbocycles. The molecule has 2 atom stereocenters. The van der Waals surface area contributed by atoms with Gasteiger partial charge in [-0.05, 0) is 44.2 Å². The summed E-state index contributed by atoms with van der Waals surface area (Å²) in [6.07, 6.45) is 3.02. The molecule has 0 bridgehead atoms. The average Bonchev–Trinajstić information content (AvgIpc) is 3.23. The molecule has 1 saturated heterocycles. The van der Waals surface area contributed by atoms with Crippen LogP contribution in [0.4, 0.5) is 4.39 Å². The SMILES string of the molecule is C[C@@H](Oc1ccc(F)cc1)C(=O)N1CCc2nc([C@H]3CCNC3)ncc2C1. The first-order valence-electron chi connectivity index (χ1n) is 9.36. The van der Waals surface area contributed by atoms with E-state index < -0.39 is 6.10 Å². The van der Waals surface area contributed by atoms with Crippen molar-refractivity contribution in [3.8, 4) is 5.75 Å². The molecule has 3 heterocycles. The monoisotopic (exact) mass is 370 g/mol. The quantitative estimate of drug-likeness (QED) is 0.892. The van der Waals surface area contributed by atoms with Crippen LogP contribution in [0.15, 0.2) is 30.5 Å². The smallest absolute Gasteiger partial charge is 0.263 e. The van der Waals surface area contributed by atoms with Crippen molar-refractivity contribution in [1.82, 2.24) is 20.2 Å². The molecule has 0 saturated carbocycles. The number of amides is 1. The van der Waals surface area contributed by atoms with Crippen LogP contribution in [0.5, 0.6) is 5.75 Å². The number of fused-ring (bicyclic) bond motifs is 1. The van der Waals surface area contributed by atoms with Crippen molar-refractivity contribution in [2.45, 2.75) is 38.3 Å². The number of rotatable bonds is 4. The highest BCUT2D eigenvalue weighted by Crippen LogP contribution is 2.23. The molecule has 1 amide bonds. The van der Waals surface area contributed by atoms with Crippen LogP contribution < -0.4 is 10.1 Å². The minimum Gasteiger partial charge on any atom is -0.481 e. The van der Waals surface area contributed by atoms with Gasteiger partial charge in [0, 0.05) is 43.7 Å². The molecule has 0 unspecified atom stereocenters. The topological polar surface area (TPSA) is 67.3 Å². The van der Waals surface area contributed by atoms with E-state index in [0.717, 1.165) is 43.0 Å². The van der Waals surface area contributed by atoms with Gasteiger partial charge in [0.15, 0.2) is 6.10 Å². The van der Waals surface area contributed by atoms with Gasteiger partial charge in [-0.25, -0.2) is 14.4 Å². The number of ether oxygens (including phenoxy) is 1. The van der Waals surface area contributed by atoms with Crippen LogP contribution in [0, 0.1) is 5.82 Å². The molecule has 1 fully saturated rings. The predicted octanol–water partition coefficient (Wildman–Crippen LogP) is 2.04. The standard InChI is InChI=1S/C20H23FN4O2/c1-13(27-17-4-2-16(21)3-5-17)20(26)25-9-7-18-15(12-25)11-23-19(24-18)14-6-8-22-10-14/h2-5,11,13-14,22H,6-10,12H2,1H3/t13-,14+/m1/s1. The fourth-order valence-electron chi connectivity index (χ4n) is 3.62. The molecule has 142 valence electrons. The van der Waals surface area contributed by atoms with Gasteiger partial charge in [0.25, 0.3) is 5.91 Å². The lowest BCUT2D eigenvalue weighted by molar-refractivity contribution is -0.138. The largest absolute Gasteiger partial charge is 0.481 e. The summed E-state index contributed by atoms with van der Waals surface area (Å²) >= 11 is 0. The molecule has 7 heteroatoms. The van der Waals surface area contributed by atoms with Crippen LogP contribution in [0.25, 0.3) is 0 Å². The Kier molecular flexibility index (Phi) is 5.03. The number of aromatic nitrogens is 2. The first-order valence-corrected chi connectivity index (χ1v) is 9.36. The molecule has 6 nitrogen and oxygen atoms in total. The van der Waals surface area contributed by atoms with Gasteiger partial charge < -0.3 is 15.0 Å². The highest BCUT2D eigenvalue weighted by atomic mass is 19.1. The third-order valence-corrected chi connectivity index (χ3v) is 5.16. The Hall–Kier alpha value is -2.54. The molecule has 27 heavy (non-hydrogen) atoms. The number of halogens is 1. The molecule has 4 rings (SSSR count). The lowest BCUT2D eigenvalue weighted by Gasteiger charge is -2.30. The summed E-state index contributed by atoms with van der Waals surface area (Å²) in [5, 5.41) is 3.34. The Morgan fingerprint density at radius 2 is 2.19 bits per heavy atom. The van der Waals surface area contributed by atoms with E-state index in [2.05, 4.69) is 10.3 Å². The maximum atomic E-state index is 13.0. The van der Waals surface area contributed by atoms with E-state index in [9.17, 15) is 9.18 Å². The zero-order valence-electron chi connectivity index (χ0n) is 15.3. The molecule has 1 N–H and O–H groups in total. The van der Waals surface area contributed by atoms with E-state index in [0.29, 0.717) is 24.8 Å². The zero-order valence-corrected chi connectivity index (χ0v) is 15.3. The van der Waals surface area contributed by atoms with E-state index >= 15 is 0 Å². The minimum atomic E-state index is -0.637. The van der Waals surface area contributed by atoms with E-state index in [1.54, 1.807) is 11.8 Å². The summed E-state index contributed by atoms with van der Waals surface area (Å²) in [5.74, 6) is 1.36. The maximum absolute atomic E-state index is 13.0. The van der Waals surface area contributed by atoms with Crippen LogP contribution in [0.3, 0.4) is 0 Å². The van der Waals surface area contributed by atoms with E-state index in [1.165, 1.54) is 24.3 Å². The Balaban J connectivity index is 1.40. The van der Waals surface area contributed by atoms with Crippen molar-refractivity contribution in [3.63, 3.8) is 0 Å². The number of hydrogen-bond acceptors (Lipinski definition) is 5. The summed E-state index contributed by atoms with van der Waals surface area (Å²) < 4.78 is 18.7. The third-order valence-electron chi connectivity index (χ3n) is 5.16. The summed E-state index contributed by atoms with van der Waals surface area (Å²) in [6.45, 7) is 4.77. The molecule has 0 radical (unpaired) electrons. The average molecular weight is 370 g/mol. The molecular formula is C20H23FN4O2. The molecule has 1 aromatic heterocycles. The number of hydrogen-bond donors (Lipinski definition) is 1. The second-order valence-corrected chi connectivity index (χ2v) is 7.11. The maximum Gasteiger partial charge on any atom is 0.263 e. The normalized spacial score (nSPS) is 20.2. The van der Waals surface area contributed by atoms with Crippen LogP contribution in [-0.2, 0) is 17.8 Å². The van der Waals surface area contributed by atoms with Crippen LogP contribution in [0.1, 0.15) is 36.3 Å². The number of nitrogens with one attached hydrogen (secondary N) is 1. The molecule has 2 aliphatic rings. The molecule has 2 aromatic rings.